The van der Waals surface area contributed by atoms with Crippen molar-refractivity contribution in [3.63, 3.8) is 0 Å². The molecule has 0 amide bonds. The van der Waals surface area contributed by atoms with Gasteiger partial charge in [-0.05, 0) is 85.1 Å². The van der Waals surface area contributed by atoms with E-state index >= 15 is 8.78 Å². The second-order valence-corrected chi connectivity index (χ2v) is 14.3. The van der Waals surface area contributed by atoms with E-state index < -0.39 is 11.6 Å². The minimum absolute atomic E-state index is 0.0239. The molecule has 6 nitrogen and oxygen atoms in total. The molecule has 1 aliphatic carbocycles. The van der Waals surface area contributed by atoms with E-state index in [1.807, 2.05) is 32.3 Å². The number of piperidine rings is 1. The van der Waals surface area contributed by atoms with Crippen LogP contribution in [0.4, 0.5) is 14.6 Å². The van der Waals surface area contributed by atoms with Crippen molar-refractivity contribution >= 4 is 27.5 Å². The zero-order chi connectivity index (χ0) is 31.4. The first-order valence-corrected chi connectivity index (χ1v) is 15.8. The van der Waals surface area contributed by atoms with Gasteiger partial charge in [-0.2, -0.15) is 9.97 Å². The standard InChI is InChI=1S/C36H44F2N4O2/c1-7-35(3,4)24-14-22(2)18-42(19-24)33-28-17-29(37)30(27-16-25(43)15-23-10-8-9-11-26(23)27)31(38)32(28)39-34(40-33)44-21-36(12-13-36)20-41(5)6/h8-11,15-17,22,24,43H,7,12-14,18-21H2,1-6H3. The van der Waals surface area contributed by atoms with Crippen molar-refractivity contribution < 1.29 is 18.6 Å². The fourth-order valence-corrected chi connectivity index (χ4v) is 7.01. The maximum Gasteiger partial charge on any atom is 0.319 e. The first kappa shape index (κ1) is 30.5. The SMILES string of the molecule is CCC(C)(C)C1CC(C)CN(c2nc(OCC3(CN(C)C)CC3)nc3c(F)c(-c4cc(O)cc5ccccc45)c(F)cc23)C1. The van der Waals surface area contributed by atoms with Crippen LogP contribution < -0.4 is 9.64 Å². The van der Waals surface area contributed by atoms with Gasteiger partial charge in [0.25, 0.3) is 0 Å². The summed E-state index contributed by atoms with van der Waals surface area (Å²) >= 11 is 0. The molecule has 1 aliphatic heterocycles. The van der Waals surface area contributed by atoms with Gasteiger partial charge in [-0.1, -0.05) is 58.4 Å². The topological polar surface area (TPSA) is 61.7 Å². The van der Waals surface area contributed by atoms with E-state index in [0.717, 1.165) is 45.3 Å². The summed E-state index contributed by atoms with van der Waals surface area (Å²) in [6, 6.07) is 11.7. The lowest BCUT2D eigenvalue weighted by molar-refractivity contribution is 0.153. The molecule has 2 heterocycles. The molecule has 44 heavy (non-hydrogen) atoms. The number of halogens is 2. The normalized spacial score (nSPS) is 20.1. The van der Waals surface area contributed by atoms with E-state index in [0.29, 0.717) is 40.4 Å². The van der Waals surface area contributed by atoms with Crippen molar-refractivity contribution in [2.24, 2.45) is 22.7 Å². The van der Waals surface area contributed by atoms with Crippen LogP contribution in [0.2, 0.25) is 0 Å². The smallest absolute Gasteiger partial charge is 0.319 e. The number of fused-ring (bicyclic) bond motifs is 2. The highest BCUT2D eigenvalue weighted by Gasteiger charge is 2.44. The van der Waals surface area contributed by atoms with Gasteiger partial charge in [0.1, 0.15) is 22.9 Å². The highest BCUT2D eigenvalue weighted by molar-refractivity contribution is 6.01. The molecule has 2 atom stereocenters. The molecule has 6 rings (SSSR count). The van der Waals surface area contributed by atoms with Gasteiger partial charge in [0.15, 0.2) is 5.82 Å². The van der Waals surface area contributed by atoms with Crippen LogP contribution >= 0.6 is 0 Å². The molecule has 234 valence electrons. The lowest BCUT2D eigenvalue weighted by atomic mass is 9.71. The minimum Gasteiger partial charge on any atom is -0.508 e. The molecule has 3 aromatic carbocycles. The number of hydrogen-bond acceptors (Lipinski definition) is 6. The molecule has 8 heteroatoms. The number of rotatable bonds is 9. The zero-order valence-corrected chi connectivity index (χ0v) is 26.8. The summed E-state index contributed by atoms with van der Waals surface area (Å²) in [6.07, 6.45) is 4.23. The molecule has 4 aromatic rings. The van der Waals surface area contributed by atoms with Gasteiger partial charge in [0.05, 0.1) is 12.2 Å². The van der Waals surface area contributed by atoms with Gasteiger partial charge in [-0.3, -0.25) is 0 Å². The third kappa shape index (κ3) is 5.81. The van der Waals surface area contributed by atoms with Crippen molar-refractivity contribution in [2.75, 3.05) is 45.2 Å². The van der Waals surface area contributed by atoms with Gasteiger partial charge in [-0.25, -0.2) is 8.78 Å². The Balaban J connectivity index is 1.51. The molecule has 0 bridgehead atoms. The maximum atomic E-state index is 16.8. The predicted octanol–water partition coefficient (Wildman–Crippen LogP) is 8.05. The van der Waals surface area contributed by atoms with Crippen LogP contribution in [-0.2, 0) is 0 Å². The van der Waals surface area contributed by atoms with Crippen LogP contribution in [0.25, 0.3) is 32.8 Å². The third-order valence-corrected chi connectivity index (χ3v) is 10.1. The molecular weight excluding hydrogens is 558 g/mol. The van der Waals surface area contributed by atoms with Crippen LogP contribution in [0.1, 0.15) is 53.4 Å². The number of anilines is 1. The van der Waals surface area contributed by atoms with Crippen molar-refractivity contribution in [3.05, 3.63) is 54.1 Å². The van der Waals surface area contributed by atoms with Crippen LogP contribution in [0.5, 0.6) is 11.8 Å². The second kappa shape index (κ2) is 11.4. The molecule has 0 spiro atoms. The Hall–Kier alpha value is -3.52. The number of ether oxygens (including phenoxy) is 1. The Bertz CT molecular complexity index is 1700. The average Bonchev–Trinajstić information content (AvgIpc) is 3.74. The first-order chi connectivity index (χ1) is 20.9. The molecule has 0 radical (unpaired) electrons. The van der Waals surface area contributed by atoms with Crippen LogP contribution in [0.15, 0.2) is 42.5 Å². The van der Waals surface area contributed by atoms with Crippen LogP contribution in [0, 0.1) is 34.3 Å². The van der Waals surface area contributed by atoms with E-state index in [9.17, 15) is 5.11 Å². The van der Waals surface area contributed by atoms with E-state index in [1.54, 1.807) is 12.1 Å². The fraction of sp³-hybridized carbons (Fsp3) is 0.500. The highest BCUT2D eigenvalue weighted by atomic mass is 19.1. The van der Waals surface area contributed by atoms with Gasteiger partial charge in [-0.15, -0.1) is 0 Å². The quantitative estimate of drug-likeness (QED) is 0.209. The van der Waals surface area contributed by atoms with Crippen molar-refractivity contribution in [2.45, 2.75) is 53.4 Å². The lowest BCUT2D eigenvalue weighted by Gasteiger charge is -2.44. The molecular formula is C36H44F2N4O2. The molecule has 2 fully saturated rings. The summed E-state index contributed by atoms with van der Waals surface area (Å²) < 4.78 is 39.2. The van der Waals surface area contributed by atoms with Crippen molar-refractivity contribution in [1.29, 1.82) is 0 Å². The number of nitrogens with zero attached hydrogens (tertiary/aromatic N) is 4. The van der Waals surface area contributed by atoms with E-state index in [1.165, 1.54) is 12.1 Å². The molecule has 2 aliphatic rings. The Labute approximate surface area is 259 Å². The highest BCUT2D eigenvalue weighted by Crippen LogP contribution is 2.47. The Morgan fingerprint density at radius 3 is 2.52 bits per heavy atom. The number of phenols is 1. The summed E-state index contributed by atoms with van der Waals surface area (Å²) in [5.41, 5.74) is 0.225. The third-order valence-electron chi connectivity index (χ3n) is 10.1. The summed E-state index contributed by atoms with van der Waals surface area (Å²) in [7, 11) is 4.10. The number of benzene rings is 3. The van der Waals surface area contributed by atoms with E-state index in [-0.39, 0.29) is 39.2 Å². The predicted molar refractivity (Wildman–Crippen MR) is 173 cm³/mol. The zero-order valence-electron chi connectivity index (χ0n) is 26.8. The molecule has 1 N–H and O–H groups in total. The van der Waals surface area contributed by atoms with Gasteiger partial charge in [0, 0.05) is 30.4 Å². The summed E-state index contributed by atoms with van der Waals surface area (Å²) in [5.74, 6) is -0.273. The summed E-state index contributed by atoms with van der Waals surface area (Å²) in [4.78, 5) is 13.8. The number of hydrogen-bond donors (Lipinski definition) is 1. The molecule has 1 saturated carbocycles. The molecule has 1 aromatic heterocycles. The lowest BCUT2D eigenvalue weighted by Crippen LogP contribution is -2.45. The summed E-state index contributed by atoms with van der Waals surface area (Å²) in [6.45, 7) is 11.8. The number of aromatic hydroxyl groups is 1. The van der Waals surface area contributed by atoms with E-state index in [2.05, 4.69) is 42.5 Å². The van der Waals surface area contributed by atoms with Gasteiger partial charge in [0.2, 0.25) is 0 Å². The average molecular weight is 603 g/mol. The van der Waals surface area contributed by atoms with Gasteiger partial charge < -0.3 is 19.6 Å². The van der Waals surface area contributed by atoms with Crippen LogP contribution in [0.3, 0.4) is 0 Å². The Morgan fingerprint density at radius 1 is 1.07 bits per heavy atom. The molecule has 1 saturated heterocycles. The van der Waals surface area contributed by atoms with Crippen molar-refractivity contribution in [1.82, 2.24) is 14.9 Å². The Morgan fingerprint density at radius 2 is 1.82 bits per heavy atom. The van der Waals surface area contributed by atoms with Crippen molar-refractivity contribution in [3.8, 4) is 22.9 Å². The first-order valence-electron chi connectivity index (χ1n) is 15.8. The Kier molecular flexibility index (Phi) is 7.93. The maximum absolute atomic E-state index is 16.8. The summed E-state index contributed by atoms with van der Waals surface area (Å²) in [5, 5.41) is 12.1. The van der Waals surface area contributed by atoms with E-state index in [4.69, 9.17) is 9.72 Å². The number of phenolic OH excluding ortho intramolecular Hbond substituents is 1. The molecule has 2 unspecified atom stereocenters. The van der Waals surface area contributed by atoms with Gasteiger partial charge >= 0.3 is 6.01 Å². The number of aromatic nitrogens is 2. The monoisotopic (exact) mass is 602 g/mol. The minimum atomic E-state index is -0.783. The fourth-order valence-electron chi connectivity index (χ4n) is 7.01. The second-order valence-electron chi connectivity index (χ2n) is 14.3. The largest absolute Gasteiger partial charge is 0.508 e. The van der Waals surface area contributed by atoms with Crippen LogP contribution in [-0.4, -0.2) is 60.3 Å².